The van der Waals surface area contributed by atoms with E-state index in [4.69, 9.17) is 9.72 Å². The summed E-state index contributed by atoms with van der Waals surface area (Å²) in [5.74, 6) is 2.45. The average Bonchev–Trinajstić information content (AvgIpc) is 3.95. The van der Waals surface area contributed by atoms with Crippen molar-refractivity contribution in [1.29, 1.82) is 0 Å². The molecule has 2 aromatic heterocycles. The van der Waals surface area contributed by atoms with Crippen LogP contribution in [-0.2, 0) is 27.1 Å². The first-order valence-electron chi connectivity index (χ1n) is 25.5. The van der Waals surface area contributed by atoms with Crippen molar-refractivity contribution in [2.24, 2.45) is 0 Å². The fourth-order valence-electron chi connectivity index (χ4n) is 12.2. The van der Waals surface area contributed by atoms with Gasteiger partial charge >= 0.3 is 0 Å². The molecule has 5 nitrogen and oxygen atoms in total. The highest BCUT2D eigenvalue weighted by molar-refractivity contribution is 6.11. The lowest BCUT2D eigenvalue weighted by Crippen LogP contribution is -2.40. The molecule has 4 heterocycles. The molecule has 0 bridgehead atoms. The summed E-state index contributed by atoms with van der Waals surface area (Å²) in [6.45, 7) is 29.4. The van der Waals surface area contributed by atoms with Gasteiger partial charge in [-0.05, 0) is 137 Å². The van der Waals surface area contributed by atoms with E-state index in [9.17, 15) is 0 Å². The Morgan fingerprint density at radius 2 is 1.13 bits per heavy atom. The third-order valence-electron chi connectivity index (χ3n) is 15.7. The molecule has 1 spiro atoms. The molecule has 5 heteroatoms. The van der Waals surface area contributed by atoms with E-state index in [1.54, 1.807) is 0 Å². The first-order valence-corrected chi connectivity index (χ1v) is 25.5. The standard InChI is InChI=1S/C66H66N4O/c1-62(2,3)42-33-48-49-34-43(63(4,5)6)36-53(65(10,11)12)60(49)66(59(48)52(35-42)64(7,8)9)50-29-27-45(38-57(50)69-39-68(13)55-23-19-22-51(66)61(55)69)71-44-26-28-46-47-32-41(40-20-15-14-16-21-40)25-30-54(47)70(56(46)37-44)58-24-17-18-31-67-58/h14-38H,39H2,1-13H3. The number of hydrogen-bond donors (Lipinski definition) is 0. The lowest BCUT2D eigenvalue weighted by atomic mass is 9.59. The fraction of sp³-hybridized carbons (Fsp3) is 0.288. The molecular formula is C66H66N4O. The van der Waals surface area contributed by atoms with Crippen molar-refractivity contribution < 1.29 is 4.74 Å². The molecule has 0 fully saturated rings. The van der Waals surface area contributed by atoms with Crippen molar-refractivity contribution in [3.63, 3.8) is 0 Å². The van der Waals surface area contributed by atoms with Gasteiger partial charge in [0.1, 0.15) is 17.3 Å². The summed E-state index contributed by atoms with van der Waals surface area (Å²) in [5, 5.41) is 2.33. The maximum absolute atomic E-state index is 7.14. The number of hydrogen-bond acceptors (Lipinski definition) is 4. The van der Waals surface area contributed by atoms with E-state index in [1.807, 2.05) is 12.3 Å². The number of rotatable bonds is 4. The van der Waals surface area contributed by atoms with Crippen LogP contribution in [0.2, 0.25) is 0 Å². The lowest BCUT2D eigenvalue weighted by molar-refractivity contribution is 0.482. The normalized spacial score (nSPS) is 14.8. The molecule has 9 aromatic rings. The Morgan fingerprint density at radius 1 is 0.493 bits per heavy atom. The zero-order valence-corrected chi connectivity index (χ0v) is 43.8. The summed E-state index contributed by atoms with van der Waals surface area (Å²) in [7, 11) is 2.24. The number of benzene rings is 7. The maximum Gasteiger partial charge on any atom is 0.137 e. The van der Waals surface area contributed by atoms with E-state index in [0.717, 1.165) is 40.4 Å². The van der Waals surface area contributed by atoms with Crippen LogP contribution in [0.1, 0.15) is 128 Å². The van der Waals surface area contributed by atoms with E-state index in [1.165, 1.54) is 89.2 Å². The van der Waals surface area contributed by atoms with Gasteiger partial charge in [-0.1, -0.05) is 168 Å². The third-order valence-corrected chi connectivity index (χ3v) is 15.7. The van der Waals surface area contributed by atoms with E-state index in [-0.39, 0.29) is 21.7 Å². The van der Waals surface area contributed by atoms with Gasteiger partial charge in [-0.25, -0.2) is 4.98 Å². The molecule has 0 atom stereocenters. The second kappa shape index (κ2) is 15.2. The predicted molar refractivity (Wildman–Crippen MR) is 298 cm³/mol. The monoisotopic (exact) mass is 931 g/mol. The van der Waals surface area contributed by atoms with Crippen LogP contribution < -0.4 is 14.5 Å². The summed E-state index contributed by atoms with van der Waals surface area (Å²) in [6, 6.07) is 54.4. The largest absolute Gasteiger partial charge is 0.457 e. The zero-order valence-electron chi connectivity index (χ0n) is 43.8. The van der Waals surface area contributed by atoms with Crippen LogP contribution in [0.15, 0.2) is 152 Å². The Hall–Kier alpha value is -7.11. The SMILES string of the molecule is CN1CN2c3cc(Oc4ccc5c6cc(-c7ccccc7)ccc6n(-c6ccccn6)c5c4)ccc3C3(c4cccc1c42)c1c(cc(C(C)(C)C)cc1C(C)(C)C)-c1cc(C(C)(C)C)cc(C(C)(C)C)c13. The van der Waals surface area contributed by atoms with E-state index < -0.39 is 5.41 Å². The fourth-order valence-corrected chi connectivity index (χ4v) is 12.2. The highest BCUT2D eigenvalue weighted by Crippen LogP contribution is 2.68. The van der Waals surface area contributed by atoms with Gasteiger partial charge in [0.15, 0.2) is 0 Å². The van der Waals surface area contributed by atoms with Crippen molar-refractivity contribution in [2.45, 2.75) is 110 Å². The number of aromatic nitrogens is 2. The molecule has 0 N–H and O–H groups in total. The van der Waals surface area contributed by atoms with Crippen molar-refractivity contribution in [1.82, 2.24) is 9.55 Å². The molecular weight excluding hydrogens is 865 g/mol. The predicted octanol–water partition coefficient (Wildman–Crippen LogP) is 17.0. The van der Waals surface area contributed by atoms with Crippen LogP contribution >= 0.6 is 0 Å². The van der Waals surface area contributed by atoms with Gasteiger partial charge in [0, 0.05) is 36.1 Å². The quantitative estimate of drug-likeness (QED) is 0.176. The summed E-state index contributed by atoms with van der Waals surface area (Å²) in [6.07, 6.45) is 1.87. The number of anilines is 3. The first kappa shape index (κ1) is 45.1. The zero-order chi connectivity index (χ0) is 49.7. The summed E-state index contributed by atoms with van der Waals surface area (Å²) in [5.41, 5.74) is 21.0. The Bertz CT molecular complexity index is 3560. The minimum Gasteiger partial charge on any atom is -0.457 e. The smallest absolute Gasteiger partial charge is 0.137 e. The summed E-state index contributed by atoms with van der Waals surface area (Å²) >= 11 is 0. The Morgan fingerprint density at radius 3 is 1.75 bits per heavy atom. The number of para-hydroxylation sites is 1. The van der Waals surface area contributed by atoms with Crippen LogP contribution in [0.5, 0.6) is 11.5 Å². The van der Waals surface area contributed by atoms with E-state index in [2.05, 4.69) is 244 Å². The van der Waals surface area contributed by atoms with E-state index >= 15 is 0 Å². The molecule has 0 unspecified atom stereocenters. The van der Waals surface area contributed by atoms with Crippen LogP contribution in [0.3, 0.4) is 0 Å². The third kappa shape index (κ3) is 6.75. The van der Waals surface area contributed by atoms with Crippen LogP contribution in [0, 0.1) is 0 Å². The number of fused-ring (bicyclic) bond motifs is 12. The average molecular weight is 931 g/mol. The van der Waals surface area contributed by atoms with Crippen molar-refractivity contribution in [2.75, 3.05) is 23.5 Å². The highest BCUT2D eigenvalue weighted by Gasteiger charge is 2.57. The number of pyridine rings is 1. The Labute approximate surface area is 420 Å². The molecule has 2 aliphatic heterocycles. The van der Waals surface area contributed by atoms with Crippen LogP contribution in [0.25, 0.3) is 49.9 Å². The van der Waals surface area contributed by atoms with Crippen molar-refractivity contribution in [3.05, 3.63) is 196 Å². The van der Waals surface area contributed by atoms with Gasteiger partial charge in [-0.3, -0.25) is 4.57 Å². The molecule has 1 aliphatic carbocycles. The van der Waals surface area contributed by atoms with Gasteiger partial charge in [0.05, 0.1) is 40.2 Å². The minimum atomic E-state index is -0.620. The topological polar surface area (TPSA) is 33.5 Å². The Kier molecular flexibility index (Phi) is 9.65. The molecule has 71 heavy (non-hydrogen) atoms. The van der Waals surface area contributed by atoms with Gasteiger partial charge in [-0.2, -0.15) is 0 Å². The summed E-state index contributed by atoms with van der Waals surface area (Å²) < 4.78 is 9.41. The molecule has 3 aliphatic rings. The van der Waals surface area contributed by atoms with Crippen molar-refractivity contribution in [3.8, 4) is 39.6 Å². The van der Waals surface area contributed by atoms with Crippen LogP contribution in [0.4, 0.5) is 17.1 Å². The minimum absolute atomic E-state index is 0.0518. The molecule has 0 amide bonds. The van der Waals surface area contributed by atoms with Gasteiger partial charge in [0.25, 0.3) is 0 Å². The van der Waals surface area contributed by atoms with E-state index in [0.29, 0.717) is 0 Å². The molecule has 356 valence electrons. The van der Waals surface area contributed by atoms with Crippen molar-refractivity contribution >= 4 is 38.9 Å². The molecule has 0 saturated carbocycles. The lowest BCUT2D eigenvalue weighted by Gasteiger charge is -2.46. The number of nitrogens with zero attached hydrogens (tertiary/aromatic N) is 4. The molecule has 0 saturated heterocycles. The number of ether oxygens (including phenoxy) is 1. The Balaban J connectivity index is 1.11. The highest BCUT2D eigenvalue weighted by atomic mass is 16.5. The molecule has 0 radical (unpaired) electrons. The van der Waals surface area contributed by atoms with Gasteiger partial charge < -0.3 is 14.5 Å². The summed E-state index contributed by atoms with van der Waals surface area (Å²) in [4.78, 5) is 9.84. The molecule has 12 rings (SSSR count). The molecule has 7 aromatic carbocycles. The second-order valence-corrected chi connectivity index (χ2v) is 24.7. The van der Waals surface area contributed by atoms with Crippen LogP contribution in [-0.4, -0.2) is 23.3 Å². The maximum atomic E-state index is 7.14. The second-order valence-electron chi connectivity index (χ2n) is 24.7. The van der Waals surface area contributed by atoms with Gasteiger partial charge in [-0.15, -0.1) is 0 Å². The van der Waals surface area contributed by atoms with Gasteiger partial charge in [0.2, 0.25) is 0 Å². The first-order chi connectivity index (χ1) is 33.6.